The maximum atomic E-state index is 13.9. The number of benzene rings is 2. The SMILES string of the molecule is Cl.O=C(c1cccc2c1OCCO2)N1C[C@@H]2CNC[C@@H]2[C@H]1c1cccc(F)c1. The number of carbonyl (C=O) groups is 1. The van der Waals surface area contributed by atoms with E-state index in [0.717, 1.165) is 18.7 Å². The van der Waals surface area contributed by atoms with Gasteiger partial charge in [0.25, 0.3) is 5.91 Å². The van der Waals surface area contributed by atoms with Gasteiger partial charge >= 0.3 is 0 Å². The van der Waals surface area contributed by atoms with Crippen LogP contribution in [-0.2, 0) is 0 Å². The summed E-state index contributed by atoms with van der Waals surface area (Å²) < 4.78 is 25.3. The van der Waals surface area contributed by atoms with Crippen molar-refractivity contribution >= 4 is 18.3 Å². The highest BCUT2D eigenvalue weighted by molar-refractivity contribution is 5.98. The topological polar surface area (TPSA) is 50.8 Å². The van der Waals surface area contributed by atoms with Crippen LogP contribution in [0.3, 0.4) is 0 Å². The number of nitrogens with one attached hydrogen (secondary N) is 1. The summed E-state index contributed by atoms with van der Waals surface area (Å²) in [5.74, 6) is 1.42. The Kier molecular flexibility index (Phi) is 5.17. The van der Waals surface area contributed by atoms with Crippen LogP contribution in [0.15, 0.2) is 42.5 Å². The van der Waals surface area contributed by atoms with Crippen molar-refractivity contribution in [2.75, 3.05) is 32.8 Å². The molecule has 0 aliphatic carbocycles. The zero-order chi connectivity index (χ0) is 18.4. The molecule has 28 heavy (non-hydrogen) atoms. The minimum atomic E-state index is -0.275. The first kappa shape index (κ1) is 19.0. The zero-order valence-corrected chi connectivity index (χ0v) is 16.1. The molecule has 2 aromatic rings. The predicted octanol–water partition coefficient (Wildman–Crippen LogP) is 3.05. The van der Waals surface area contributed by atoms with E-state index in [1.807, 2.05) is 23.1 Å². The molecule has 148 valence electrons. The Labute approximate surface area is 169 Å². The van der Waals surface area contributed by atoms with E-state index in [4.69, 9.17) is 9.47 Å². The summed E-state index contributed by atoms with van der Waals surface area (Å²) in [7, 11) is 0. The molecule has 5 rings (SSSR count). The van der Waals surface area contributed by atoms with E-state index >= 15 is 0 Å². The Hall–Kier alpha value is -2.31. The summed E-state index contributed by atoms with van der Waals surface area (Å²) in [4.78, 5) is 15.4. The average Bonchev–Trinajstić information content (AvgIpc) is 3.28. The number of halogens is 2. The molecule has 7 heteroatoms. The summed E-state index contributed by atoms with van der Waals surface area (Å²) >= 11 is 0. The number of ether oxygens (including phenoxy) is 2. The number of likely N-dealkylation sites (tertiary alicyclic amines) is 1. The number of rotatable bonds is 2. The monoisotopic (exact) mass is 404 g/mol. The van der Waals surface area contributed by atoms with Crippen molar-refractivity contribution in [3.05, 3.63) is 59.4 Å². The lowest BCUT2D eigenvalue weighted by molar-refractivity contribution is 0.0703. The number of hydrogen-bond donors (Lipinski definition) is 1. The quantitative estimate of drug-likeness (QED) is 0.835. The van der Waals surface area contributed by atoms with Gasteiger partial charge in [-0.2, -0.15) is 0 Å². The summed E-state index contributed by atoms with van der Waals surface area (Å²) in [6.45, 7) is 3.28. The second-order valence-corrected chi connectivity index (χ2v) is 7.37. The van der Waals surface area contributed by atoms with Crippen LogP contribution in [0.25, 0.3) is 0 Å². The molecule has 3 aliphatic heterocycles. The Morgan fingerprint density at radius 2 is 1.93 bits per heavy atom. The Morgan fingerprint density at radius 1 is 1.11 bits per heavy atom. The second kappa shape index (κ2) is 7.60. The number of nitrogens with zero attached hydrogens (tertiary/aromatic N) is 1. The van der Waals surface area contributed by atoms with E-state index in [9.17, 15) is 9.18 Å². The minimum Gasteiger partial charge on any atom is -0.486 e. The number of para-hydroxylation sites is 1. The third-order valence-electron chi connectivity index (χ3n) is 5.81. The molecule has 0 radical (unpaired) electrons. The number of amides is 1. The first-order chi connectivity index (χ1) is 13.2. The third kappa shape index (κ3) is 3.10. The van der Waals surface area contributed by atoms with Gasteiger partial charge in [-0.25, -0.2) is 4.39 Å². The van der Waals surface area contributed by atoms with Crippen molar-refractivity contribution < 1.29 is 18.7 Å². The van der Waals surface area contributed by atoms with Crippen LogP contribution in [0.5, 0.6) is 11.5 Å². The fourth-order valence-corrected chi connectivity index (χ4v) is 4.64. The highest BCUT2D eigenvalue weighted by Gasteiger charge is 2.47. The van der Waals surface area contributed by atoms with Gasteiger partial charge < -0.3 is 19.7 Å². The molecule has 2 fully saturated rings. The minimum absolute atomic E-state index is 0. The molecule has 1 amide bonds. The zero-order valence-electron chi connectivity index (χ0n) is 15.3. The second-order valence-electron chi connectivity index (χ2n) is 7.37. The Bertz CT molecular complexity index is 894. The molecule has 3 heterocycles. The Morgan fingerprint density at radius 3 is 2.79 bits per heavy atom. The molecule has 0 saturated carbocycles. The van der Waals surface area contributed by atoms with E-state index in [2.05, 4.69) is 5.32 Å². The van der Waals surface area contributed by atoms with Crippen molar-refractivity contribution in [1.29, 1.82) is 0 Å². The van der Waals surface area contributed by atoms with Crippen LogP contribution in [0.2, 0.25) is 0 Å². The van der Waals surface area contributed by atoms with Crippen molar-refractivity contribution in [2.45, 2.75) is 6.04 Å². The van der Waals surface area contributed by atoms with Gasteiger partial charge in [0.2, 0.25) is 0 Å². The molecule has 0 bridgehead atoms. The maximum Gasteiger partial charge on any atom is 0.258 e. The van der Waals surface area contributed by atoms with Gasteiger partial charge in [-0.3, -0.25) is 4.79 Å². The lowest BCUT2D eigenvalue weighted by atomic mass is 9.89. The first-order valence-corrected chi connectivity index (χ1v) is 9.38. The molecule has 2 saturated heterocycles. The molecular weight excluding hydrogens is 383 g/mol. The van der Waals surface area contributed by atoms with Gasteiger partial charge in [-0.1, -0.05) is 18.2 Å². The van der Waals surface area contributed by atoms with E-state index < -0.39 is 0 Å². The van der Waals surface area contributed by atoms with Crippen LogP contribution in [0, 0.1) is 17.7 Å². The average molecular weight is 405 g/mol. The van der Waals surface area contributed by atoms with Gasteiger partial charge in [0.15, 0.2) is 11.5 Å². The van der Waals surface area contributed by atoms with Gasteiger partial charge in [0.05, 0.1) is 11.6 Å². The van der Waals surface area contributed by atoms with Crippen LogP contribution < -0.4 is 14.8 Å². The van der Waals surface area contributed by atoms with Crippen LogP contribution in [0.1, 0.15) is 22.0 Å². The van der Waals surface area contributed by atoms with Crippen molar-refractivity contribution in [3.8, 4) is 11.5 Å². The molecule has 2 aromatic carbocycles. The first-order valence-electron chi connectivity index (χ1n) is 9.38. The molecule has 0 aromatic heterocycles. The lowest BCUT2D eigenvalue weighted by Crippen LogP contribution is -2.35. The van der Waals surface area contributed by atoms with Crippen LogP contribution in [-0.4, -0.2) is 43.7 Å². The lowest BCUT2D eigenvalue weighted by Gasteiger charge is -2.30. The number of fused-ring (bicyclic) bond motifs is 2. The molecule has 3 aliphatic rings. The maximum absolute atomic E-state index is 13.9. The molecule has 3 atom stereocenters. The fourth-order valence-electron chi connectivity index (χ4n) is 4.64. The normalized spacial score (nSPS) is 25.2. The molecular formula is C21H22ClFN2O3. The Balaban J connectivity index is 0.00000192. The molecule has 1 N–H and O–H groups in total. The van der Waals surface area contributed by atoms with Crippen LogP contribution in [0.4, 0.5) is 4.39 Å². The summed E-state index contributed by atoms with van der Waals surface area (Å²) in [5.41, 5.74) is 1.36. The molecule has 5 nitrogen and oxygen atoms in total. The van der Waals surface area contributed by atoms with Gasteiger partial charge in [-0.15, -0.1) is 12.4 Å². The number of carbonyl (C=O) groups excluding carboxylic acids is 1. The van der Waals surface area contributed by atoms with Gasteiger partial charge in [0.1, 0.15) is 19.0 Å². The number of hydrogen-bond acceptors (Lipinski definition) is 4. The van der Waals surface area contributed by atoms with E-state index in [0.29, 0.717) is 42.7 Å². The highest BCUT2D eigenvalue weighted by Crippen LogP contribution is 2.45. The van der Waals surface area contributed by atoms with E-state index in [1.54, 1.807) is 18.2 Å². The van der Waals surface area contributed by atoms with Crippen molar-refractivity contribution in [2.24, 2.45) is 11.8 Å². The highest BCUT2D eigenvalue weighted by atomic mass is 35.5. The van der Waals surface area contributed by atoms with E-state index in [-0.39, 0.29) is 36.1 Å². The summed E-state index contributed by atoms with van der Waals surface area (Å²) in [6, 6.07) is 11.9. The summed E-state index contributed by atoms with van der Waals surface area (Å²) in [5, 5.41) is 3.41. The van der Waals surface area contributed by atoms with Gasteiger partial charge in [0, 0.05) is 25.6 Å². The standard InChI is InChI=1S/C21H21FN2O3.ClH/c22-15-4-1-3-13(9-15)19-17-11-23-10-14(17)12-24(19)21(25)16-5-2-6-18-20(16)27-8-7-26-18;/h1-6,9,14,17,19,23H,7-8,10-12H2;1H/t14-,17-,19+;/m0./s1. The smallest absolute Gasteiger partial charge is 0.258 e. The fraction of sp³-hybridized carbons (Fsp3) is 0.381. The largest absolute Gasteiger partial charge is 0.486 e. The van der Waals surface area contributed by atoms with Crippen molar-refractivity contribution in [3.63, 3.8) is 0 Å². The van der Waals surface area contributed by atoms with Crippen LogP contribution >= 0.6 is 12.4 Å². The van der Waals surface area contributed by atoms with Crippen molar-refractivity contribution in [1.82, 2.24) is 10.2 Å². The third-order valence-corrected chi connectivity index (χ3v) is 5.81. The summed E-state index contributed by atoms with van der Waals surface area (Å²) in [6.07, 6.45) is 0. The molecule has 0 unspecified atom stereocenters. The predicted molar refractivity (Wildman–Crippen MR) is 105 cm³/mol. The molecule has 0 spiro atoms. The van der Waals surface area contributed by atoms with Gasteiger partial charge in [-0.05, 0) is 35.7 Å². The van der Waals surface area contributed by atoms with E-state index in [1.165, 1.54) is 6.07 Å².